The Hall–Kier alpha value is -2.22. The monoisotopic (exact) mass is 290 g/mol. The number of hydrogen-bond donors (Lipinski definition) is 1. The van der Waals surface area contributed by atoms with Gasteiger partial charge >= 0.3 is 5.69 Å². The molecule has 0 bridgehead atoms. The molecule has 0 atom stereocenters. The van der Waals surface area contributed by atoms with Crippen molar-refractivity contribution in [1.82, 2.24) is 24.3 Å². The van der Waals surface area contributed by atoms with Crippen LogP contribution in [0.3, 0.4) is 0 Å². The van der Waals surface area contributed by atoms with Crippen molar-refractivity contribution >= 4 is 27.4 Å². The van der Waals surface area contributed by atoms with Gasteiger partial charge in [0, 0.05) is 11.9 Å². The number of nitrogens with two attached hydrogens (primary N) is 1. The summed E-state index contributed by atoms with van der Waals surface area (Å²) in [6.07, 6.45) is 1.46. The van der Waals surface area contributed by atoms with Crippen LogP contribution in [-0.4, -0.2) is 24.3 Å². The Morgan fingerprint density at radius 3 is 2.75 bits per heavy atom. The van der Waals surface area contributed by atoms with Crippen molar-refractivity contribution in [2.75, 3.05) is 5.73 Å². The average Bonchev–Trinajstić information content (AvgIpc) is 2.84. The van der Waals surface area contributed by atoms with Gasteiger partial charge in [0.2, 0.25) is 0 Å². The Balaban J connectivity index is 2.09. The Morgan fingerprint density at radius 2 is 2.10 bits per heavy atom. The second-order valence-corrected chi connectivity index (χ2v) is 5.87. The van der Waals surface area contributed by atoms with E-state index < -0.39 is 0 Å². The predicted octanol–water partition coefficient (Wildman–Crippen LogP) is 0.834. The zero-order valence-electron chi connectivity index (χ0n) is 11.4. The number of thiophene rings is 1. The molecule has 0 aliphatic rings. The fourth-order valence-electron chi connectivity index (χ4n) is 2.06. The fraction of sp³-hybridized carbons (Fsp3) is 0.333. The number of nitrogens with zero attached hydrogens (tertiary/aromatic N) is 5. The number of anilines is 1. The number of fused-ring (bicyclic) bond motifs is 1. The highest BCUT2D eigenvalue weighted by atomic mass is 32.1. The molecule has 0 amide bonds. The van der Waals surface area contributed by atoms with E-state index in [4.69, 9.17) is 5.73 Å². The van der Waals surface area contributed by atoms with E-state index in [9.17, 15) is 4.79 Å². The molecule has 0 aliphatic heterocycles. The van der Waals surface area contributed by atoms with Gasteiger partial charge in [-0.15, -0.1) is 11.3 Å². The van der Waals surface area contributed by atoms with Gasteiger partial charge in [-0.25, -0.2) is 19.4 Å². The predicted molar refractivity (Wildman–Crippen MR) is 77.9 cm³/mol. The summed E-state index contributed by atoms with van der Waals surface area (Å²) in [5, 5.41) is 4.90. The van der Waals surface area contributed by atoms with Gasteiger partial charge < -0.3 is 5.73 Å². The highest BCUT2D eigenvalue weighted by Crippen LogP contribution is 2.31. The van der Waals surface area contributed by atoms with Crippen LogP contribution in [0.15, 0.2) is 11.1 Å². The van der Waals surface area contributed by atoms with Crippen molar-refractivity contribution in [2.24, 2.45) is 7.05 Å². The van der Waals surface area contributed by atoms with E-state index >= 15 is 0 Å². The van der Waals surface area contributed by atoms with Crippen LogP contribution in [0.2, 0.25) is 0 Å². The summed E-state index contributed by atoms with van der Waals surface area (Å²) >= 11 is 1.58. The summed E-state index contributed by atoms with van der Waals surface area (Å²) in [5.41, 5.74) is 6.92. The quantitative estimate of drug-likeness (QED) is 0.755. The molecule has 3 aromatic rings. The summed E-state index contributed by atoms with van der Waals surface area (Å²) in [7, 11) is 1.65. The minimum atomic E-state index is -0.203. The third-order valence-corrected chi connectivity index (χ3v) is 4.38. The average molecular weight is 290 g/mol. The van der Waals surface area contributed by atoms with Crippen molar-refractivity contribution in [3.05, 3.63) is 33.1 Å². The summed E-state index contributed by atoms with van der Waals surface area (Å²) in [6.45, 7) is 4.26. The lowest BCUT2D eigenvalue weighted by atomic mass is 10.2. The van der Waals surface area contributed by atoms with Crippen LogP contribution in [0.4, 0.5) is 5.82 Å². The maximum atomic E-state index is 11.8. The van der Waals surface area contributed by atoms with Crippen molar-refractivity contribution in [2.45, 2.75) is 20.4 Å². The summed E-state index contributed by atoms with van der Waals surface area (Å²) in [5.74, 6) is 0.952. The molecular weight excluding hydrogens is 276 g/mol. The van der Waals surface area contributed by atoms with Crippen molar-refractivity contribution in [1.29, 1.82) is 0 Å². The molecule has 3 rings (SSSR count). The van der Waals surface area contributed by atoms with Gasteiger partial charge in [0.1, 0.15) is 23.5 Å². The maximum absolute atomic E-state index is 11.8. The van der Waals surface area contributed by atoms with Crippen LogP contribution in [-0.2, 0) is 13.6 Å². The Labute approximate surface area is 118 Å². The van der Waals surface area contributed by atoms with Gasteiger partial charge in [0.25, 0.3) is 0 Å². The van der Waals surface area contributed by atoms with Gasteiger partial charge in [0.05, 0.1) is 5.39 Å². The van der Waals surface area contributed by atoms with E-state index in [0.29, 0.717) is 11.6 Å². The molecule has 0 aliphatic carbocycles. The molecule has 0 radical (unpaired) electrons. The van der Waals surface area contributed by atoms with Gasteiger partial charge in [-0.1, -0.05) is 0 Å². The number of rotatable bonds is 2. The highest BCUT2D eigenvalue weighted by molar-refractivity contribution is 7.18. The molecule has 20 heavy (non-hydrogen) atoms. The van der Waals surface area contributed by atoms with Crippen molar-refractivity contribution in [3.63, 3.8) is 0 Å². The first-order valence-electron chi connectivity index (χ1n) is 6.08. The highest BCUT2D eigenvalue weighted by Gasteiger charge is 2.13. The molecule has 2 N–H and O–H groups in total. The first kappa shape index (κ1) is 12.8. The largest absolute Gasteiger partial charge is 0.383 e. The molecule has 0 fully saturated rings. The summed E-state index contributed by atoms with van der Waals surface area (Å²) < 4.78 is 2.72. The van der Waals surface area contributed by atoms with E-state index in [1.165, 1.54) is 20.5 Å². The Kier molecular flexibility index (Phi) is 2.82. The molecule has 3 aromatic heterocycles. The minimum Gasteiger partial charge on any atom is -0.383 e. The zero-order chi connectivity index (χ0) is 14.4. The maximum Gasteiger partial charge on any atom is 0.345 e. The standard InChI is InChI=1S/C12H14N6OS/c1-6-7(2)20-11-9(6)10(13)15-8(16-11)4-18-12(19)17(3)5-14-18/h5H,4H2,1-3H3,(H2,13,15,16). The van der Waals surface area contributed by atoms with E-state index in [0.717, 1.165) is 15.8 Å². The van der Waals surface area contributed by atoms with E-state index in [2.05, 4.69) is 15.1 Å². The lowest BCUT2D eigenvalue weighted by molar-refractivity contribution is 0.624. The number of aromatic nitrogens is 5. The molecule has 7 nitrogen and oxygen atoms in total. The molecule has 8 heteroatoms. The molecule has 104 valence electrons. The van der Waals surface area contributed by atoms with Gasteiger partial charge in [-0.3, -0.25) is 4.57 Å². The number of aryl methyl sites for hydroxylation is 3. The fourth-order valence-corrected chi connectivity index (χ4v) is 3.12. The molecule has 3 heterocycles. The molecule has 0 saturated carbocycles. The Morgan fingerprint density at radius 1 is 1.35 bits per heavy atom. The molecule has 0 aromatic carbocycles. The molecular formula is C12H14N6OS. The van der Waals surface area contributed by atoms with Crippen molar-refractivity contribution < 1.29 is 0 Å². The SMILES string of the molecule is Cc1sc2nc(Cn3ncn(C)c3=O)nc(N)c2c1C. The number of nitrogen functional groups attached to an aromatic ring is 1. The van der Waals surface area contributed by atoms with Gasteiger partial charge in [-0.2, -0.15) is 5.10 Å². The van der Waals surface area contributed by atoms with E-state index in [1.807, 2.05) is 13.8 Å². The molecule has 0 spiro atoms. The van der Waals surface area contributed by atoms with Crippen molar-refractivity contribution in [3.8, 4) is 0 Å². The smallest absolute Gasteiger partial charge is 0.345 e. The van der Waals surface area contributed by atoms with Gasteiger partial charge in [-0.05, 0) is 19.4 Å². The second kappa shape index (κ2) is 4.41. The van der Waals surface area contributed by atoms with Crippen LogP contribution in [0.25, 0.3) is 10.2 Å². The topological polar surface area (TPSA) is 91.6 Å². The Bertz CT molecular complexity index is 859. The van der Waals surface area contributed by atoms with Crippen LogP contribution in [0.1, 0.15) is 16.3 Å². The zero-order valence-corrected chi connectivity index (χ0v) is 12.2. The van der Waals surface area contributed by atoms with Gasteiger partial charge in [0.15, 0.2) is 5.82 Å². The molecule has 0 saturated heterocycles. The first-order chi connectivity index (χ1) is 9.47. The lowest BCUT2D eigenvalue weighted by Crippen LogP contribution is -2.24. The third kappa shape index (κ3) is 1.88. The van der Waals surface area contributed by atoms with E-state index in [-0.39, 0.29) is 12.2 Å². The van der Waals surface area contributed by atoms with Crippen LogP contribution >= 0.6 is 11.3 Å². The van der Waals surface area contributed by atoms with Crippen LogP contribution in [0.5, 0.6) is 0 Å². The number of hydrogen-bond acceptors (Lipinski definition) is 6. The summed E-state index contributed by atoms with van der Waals surface area (Å²) in [6, 6.07) is 0. The van der Waals surface area contributed by atoms with E-state index in [1.54, 1.807) is 18.4 Å². The molecule has 0 unspecified atom stereocenters. The minimum absolute atomic E-state index is 0.203. The normalized spacial score (nSPS) is 11.3. The lowest BCUT2D eigenvalue weighted by Gasteiger charge is -2.02. The first-order valence-corrected chi connectivity index (χ1v) is 6.89. The van der Waals surface area contributed by atoms with Crippen LogP contribution < -0.4 is 11.4 Å². The summed E-state index contributed by atoms with van der Waals surface area (Å²) in [4.78, 5) is 22.6. The van der Waals surface area contributed by atoms with Crippen LogP contribution in [0, 0.1) is 13.8 Å². The third-order valence-electron chi connectivity index (χ3n) is 3.28. The second-order valence-electron chi connectivity index (χ2n) is 4.67.